The van der Waals surface area contributed by atoms with Crippen molar-refractivity contribution in [3.05, 3.63) is 0 Å². The number of unbranched alkanes of at least 4 members (excludes halogenated alkanes) is 2. The molecular formula is C7H12Cl2O2. The van der Waals surface area contributed by atoms with E-state index in [1.54, 1.807) is 0 Å². The highest BCUT2D eigenvalue weighted by Crippen LogP contribution is 2.09. The molecule has 0 saturated heterocycles. The fourth-order valence-electron chi connectivity index (χ4n) is 0.718. The highest BCUT2D eigenvalue weighted by molar-refractivity contribution is 6.29. The minimum Gasteiger partial charge on any atom is -0.480 e. The highest BCUT2D eigenvalue weighted by atomic mass is 35.5. The van der Waals surface area contributed by atoms with Crippen molar-refractivity contribution in [1.82, 2.24) is 0 Å². The van der Waals surface area contributed by atoms with Gasteiger partial charge in [0.05, 0.1) is 0 Å². The van der Waals surface area contributed by atoms with Crippen LogP contribution in [0, 0.1) is 0 Å². The molecule has 0 bridgehead atoms. The van der Waals surface area contributed by atoms with E-state index < -0.39 is 11.3 Å². The van der Waals surface area contributed by atoms with Crippen LogP contribution in [0.4, 0.5) is 0 Å². The molecule has 0 amide bonds. The first-order chi connectivity index (χ1) is 5.18. The van der Waals surface area contributed by atoms with Crippen molar-refractivity contribution in [2.24, 2.45) is 0 Å². The minimum absolute atomic E-state index is 0.535. The Bertz CT molecular complexity index is 117. The molecule has 0 fully saturated rings. The van der Waals surface area contributed by atoms with Gasteiger partial charge in [0.1, 0.15) is 5.38 Å². The molecule has 0 aliphatic rings. The van der Waals surface area contributed by atoms with Gasteiger partial charge in [0.2, 0.25) is 0 Å². The van der Waals surface area contributed by atoms with Crippen LogP contribution in [-0.2, 0) is 4.79 Å². The van der Waals surface area contributed by atoms with E-state index in [1.165, 1.54) is 0 Å². The third-order valence-corrected chi connectivity index (χ3v) is 2.03. The maximum atomic E-state index is 10.2. The predicted octanol–water partition coefficient (Wildman–Crippen LogP) is 2.48. The minimum atomic E-state index is -0.933. The fraction of sp³-hybridized carbons (Fsp3) is 0.857. The van der Waals surface area contributed by atoms with E-state index >= 15 is 0 Å². The van der Waals surface area contributed by atoms with Crippen LogP contribution in [0.2, 0.25) is 0 Å². The largest absolute Gasteiger partial charge is 0.480 e. The first-order valence-electron chi connectivity index (χ1n) is 3.61. The van der Waals surface area contributed by atoms with Crippen LogP contribution in [-0.4, -0.2) is 22.3 Å². The SMILES string of the molecule is O=C(O)C(Cl)CCCCCCl. The lowest BCUT2D eigenvalue weighted by molar-refractivity contribution is -0.136. The van der Waals surface area contributed by atoms with E-state index in [0.717, 1.165) is 19.3 Å². The zero-order valence-corrected chi connectivity index (χ0v) is 7.74. The topological polar surface area (TPSA) is 37.3 Å². The molecule has 0 saturated carbocycles. The number of aliphatic carboxylic acids is 1. The van der Waals surface area contributed by atoms with E-state index in [0.29, 0.717) is 12.3 Å². The van der Waals surface area contributed by atoms with Gasteiger partial charge >= 0.3 is 5.97 Å². The number of hydrogen-bond acceptors (Lipinski definition) is 1. The number of rotatable bonds is 6. The third kappa shape index (κ3) is 6.45. The lowest BCUT2D eigenvalue weighted by atomic mass is 10.1. The Kier molecular flexibility index (Phi) is 6.77. The molecule has 0 aliphatic heterocycles. The average Bonchev–Trinajstić information content (AvgIpc) is 1.97. The summed E-state index contributed by atoms with van der Waals surface area (Å²) < 4.78 is 0. The van der Waals surface area contributed by atoms with E-state index in [4.69, 9.17) is 28.3 Å². The number of carboxylic acids is 1. The average molecular weight is 199 g/mol. The molecule has 1 unspecified atom stereocenters. The maximum Gasteiger partial charge on any atom is 0.321 e. The van der Waals surface area contributed by atoms with Crippen molar-refractivity contribution < 1.29 is 9.90 Å². The molecule has 0 rings (SSSR count). The van der Waals surface area contributed by atoms with Gasteiger partial charge in [0.15, 0.2) is 0 Å². The quantitative estimate of drug-likeness (QED) is 0.527. The van der Waals surface area contributed by atoms with Gasteiger partial charge in [0, 0.05) is 5.88 Å². The summed E-state index contributed by atoms with van der Waals surface area (Å²) in [6.07, 6.45) is 3.27. The van der Waals surface area contributed by atoms with Crippen molar-refractivity contribution in [3.8, 4) is 0 Å². The molecule has 0 radical (unpaired) electrons. The number of halogens is 2. The van der Waals surface area contributed by atoms with Crippen molar-refractivity contribution >= 4 is 29.2 Å². The molecule has 0 aromatic heterocycles. The Morgan fingerprint density at radius 3 is 2.45 bits per heavy atom. The molecule has 0 heterocycles. The lowest BCUT2D eigenvalue weighted by Gasteiger charge is -2.01. The molecule has 4 heteroatoms. The van der Waals surface area contributed by atoms with Crippen molar-refractivity contribution in [2.75, 3.05) is 5.88 Å². The highest BCUT2D eigenvalue weighted by Gasteiger charge is 2.11. The Morgan fingerprint density at radius 2 is 2.00 bits per heavy atom. The second kappa shape index (κ2) is 6.74. The zero-order valence-electron chi connectivity index (χ0n) is 6.22. The van der Waals surface area contributed by atoms with Gasteiger partial charge in [-0.05, 0) is 12.8 Å². The Morgan fingerprint density at radius 1 is 1.36 bits per heavy atom. The van der Waals surface area contributed by atoms with Gasteiger partial charge in [0.25, 0.3) is 0 Å². The number of carboxylic acid groups (broad SMARTS) is 1. The summed E-state index contributed by atoms with van der Waals surface area (Å²) in [6, 6.07) is 0. The van der Waals surface area contributed by atoms with E-state index in [2.05, 4.69) is 0 Å². The number of hydrogen-bond donors (Lipinski definition) is 1. The summed E-state index contributed by atoms with van der Waals surface area (Å²) in [5.41, 5.74) is 0. The van der Waals surface area contributed by atoms with Crippen LogP contribution in [0.3, 0.4) is 0 Å². The summed E-state index contributed by atoms with van der Waals surface area (Å²) >= 11 is 10.9. The van der Waals surface area contributed by atoms with Gasteiger partial charge in [-0.2, -0.15) is 0 Å². The fourth-order valence-corrected chi connectivity index (χ4v) is 1.06. The van der Waals surface area contributed by atoms with Crippen LogP contribution in [0.1, 0.15) is 25.7 Å². The first-order valence-corrected chi connectivity index (χ1v) is 4.58. The Labute approximate surface area is 76.5 Å². The molecule has 2 nitrogen and oxygen atoms in total. The first kappa shape index (κ1) is 11.1. The second-order valence-electron chi connectivity index (χ2n) is 2.34. The zero-order chi connectivity index (χ0) is 8.69. The van der Waals surface area contributed by atoms with Crippen molar-refractivity contribution in [2.45, 2.75) is 31.1 Å². The van der Waals surface area contributed by atoms with E-state index in [9.17, 15) is 4.79 Å². The Hall–Kier alpha value is 0.0500. The lowest BCUT2D eigenvalue weighted by Crippen LogP contribution is -2.12. The van der Waals surface area contributed by atoms with Gasteiger partial charge in [-0.25, -0.2) is 0 Å². The van der Waals surface area contributed by atoms with Crippen LogP contribution >= 0.6 is 23.2 Å². The molecule has 11 heavy (non-hydrogen) atoms. The monoisotopic (exact) mass is 198 g/mol. The standard InChI is InChI=1S/C7H12Cl2O2/c8-5-3-1-2-4-6(9)7(10)11/h6H,1-5H2,(H,10,11). The van der Waals surface area contributed by atoms with E-state index in [1.807, 2.05) is 0 Å². The van der Waals surface area contributed by atoms with Gasteiger partial charge in [-0.15, -0.1) is 23.2 Å². The third-order valence-electron chi connectivity index (χ3n) is 1.36. The van der Waals surface area contributed by atoms with E-state index in [-0.39, 0.29) is 0 Å². The summed E-state index contributed by atoms with van der Waals surface area (Å²) in [6.45, 7) is 0. The normalized spacial score (nSPS) is 12.9. The molecular weight excluding hydrogens is 187 g/mol. The summed E-state index contributed by atoms with van der Waals surface area (Å²) in [7, 11) is 0. The molecule has 0 spiro atoms. The molecule has 0 aliphatic carbocycles. The van der Waals surface area contributed by atoms with Crippen LogP contribution < -0.4 is 0 Å². The summed E-state index contributed by atoms with van der Waals surface area (Å²) in [5, 5.41) is 7.65. The van der Waals surface area contributed by atoms with Crippen LogP contribution in [0.15, 0.2) is 0 Å². The van der Waals surface area contributed by atoms with Crippen molar-refractivity contribution in [3.63, 3.8) is 0 Å². The smallest absolute Gasteiger partial charge is 0.321 e. The number of carbonyl (C=O) groups is 1. The van der Waals surface area contributed by atoms with Crippen LogP contribution in [0.25, 0.3) is 0 Å². The maximum absolute atomic E-state index is 10.2. The second-order valence-corrected chi connectivity index (χ2v) is 3.25. The molecule has 0 aromatic rings. The number of alkyl halides is 2. The van der Waals surface area contributed by atoms with Gasteiger partial charge < -0.3 is 5.11 Å². The van der Waals surface area contributed by atoms with Crippen LogP contribution in [0.5, 0.6) is 0 Å². The molecule has 1 atom stereocenters. The summed E-state index contributed by atoms with van der Waals surface area (Å²) in [5.74, 6) is -0.294. The summed E-state index contributed by atoms with van der Waals surface area (Å²) in [4.78, 5) is 10.2. The predicted molar refractivity (Wildman–Crippen MR) is 46.5 cm³/mol. The Balaban J connectivity index is 3.17. The van der Waals surface area contributed by atoms with Gasteiger partial charge in [-0.3, -0.25) is 4.79 Å². The molecule has 0 aromatic carbocycles. The van der Waals surface area contributed by atoms with Gasteiger partial charge in [-0.1, -0.05) is 12.8 Å². The van der Waals surface area contributed by atoms with Crippen molar-refractivity contribution in [1.29, 1.82) is 0 Å². The molecule has 1 N–H and O–H groups in total. The molecule has 66 valence electrons.